The zero-order valence-electron chi connectivity index (χ0n) is 18.4. The summed E-state index contributed by atoms with van der Waals surface area (Å²) in [5.41, 5.74) is 2.30. The number of nitrogens with zero attached hydrogens (tertiary/aromatic N) is 2. The van der Waals surface area contributed by atoms with Gasteiger partial charge in [-0.1, -0.05) is 19.1 Å². The Bertz CT molecular complexity index is 1170. The van der Waals surface area contributed by atoms with Crippen LogP contribution in [-0.2, 0) is 21.2 Å². The van der Waals surface area contributed by atoms with E-state index in [1.54, 1.807) is 26.8 Å². The van der Waals surface area contributed by atoms with Crippen LogP contribution >= 0.6 is 0 Å². The molecule has 1 unspecified atom stereocenters. The number of anilines is 2. The second kappa shape index (κ2) is 9.78. The Morgan fingerprint density at radius 2 is 1.69 bits per heavy atom. The molecule has 2 aromatic carbocycles. The molecule has 1 amide bonds. The summed E-state index contributed by atoms with van der Waals surface area (Å²) in [6.45, 7) is 7.16. The summed E-state index contributed by atoms with van der Waals surface area (Å²) in [6, 6.07) is 15.0. The van der Waals surface area contributed by atoms with Crippen molar-refractivity contribution in [3.63, 3.8) is 0 Å². The molecule has 3 rings (SSSR count). The number of hydrogen-bond donors (Lipinski definition) is 2. The second-order valence-electron chi connectivity index (χ2n) is 7.32. The SMILES string of the molecule is CCc1ccc(OC(C)C(=O)Nc2ccc(S(=O)(=O)Nc3cc(C)nc(C)n3)cc2)cc1. The monoisotopic (exact) mass is 454 g/mol. The fourth-order valence-corrected chi connectivity index (χ4v) is 3.98. The van der Waals surface area contributed by atoms with Gasteiger partial charge in [0.25, 0.3) is 15.9 Å². The van der Waals surface area contributed by atoms with Gasteiger partial charge in [0, 0.05) is 17.4 Å². The molecule has 168 valence electrons. The predicted octanol–water partition coefficient (Wildman–Crippen LogP) is 3.86. The highest BCUT2D eigenvalue weighted by Crippen LogP contribution is 2.19. The van der Waals surface area contributed by atoms with Crippen LogP contribution in [0.15, 0.2) is 59.5 Å². The van der Waals surface area contributed by atoms with Crippen LogP contribution < -0.4 is 14.8 Å². The van der Waals surface area contributed by atoms with Crippen LogP contribution in [0.2, 0.25) is 0 Å². The number of aromatic nitrogens is 2. The number of nitrogens with one attached hydrogen (secondary N) is 2. The Morgan fingerprint density at radius 1 is 1.03 bits per heavy atom. The van der Waals surface area contributed by atoms with Crippen molar-refractivity contribution >= 4 is 27.4 Å². The zero-order valence-corrected chi connectivity index (χ0v) is 19.2. The Hall–Kier alpha value is -3.46. The highest BCUT2D eigenvalue weighted by atomic mass is 32.2. The molecule has 0 saturated heterocycles. The summed E-state index contributed by atoms with van der Waals surface area (Å²) in [4.78, 5) is 20.7. The van der Waals surface area contributed by atoms with Crippen molar-refractivity contribution in [3.8, 4) is 5.75 Å². The minimum Gasteiger partial charge on any atom is -0.481 e. The summed E-state index contributed by atoms with van der Waals surface area (Å²) >= 11 is 0. The Morgan fingerprint density at radius 3 is 2.28 bits per heavy atom. The molecule has 3 aromatic rings. The van der Waals surface area contributed by atoms with Crippen LogP contribution in [0.25, 0.3) is 0 Å². The van der Waals surface area contributed by atoms with Crippen LogP contribution in [0.3, 0.4) is 0 Å². The molecule has 1 aromatic heterocycles. The van der Waals surface area contributed by atoms with Crippen molar-refractivity contribution in [1.82, 2.24) is 9.97 Å². The highest BCUT2D eigenvalue weighted by molar-refractivity contribution is 7.92. The standard InChI is InChI=1S/C23H26N4O4S/c1-5-18-6-10-20(11-7-18)31-16(3)23(28)26-19-8-12-21(13-9-19)32(29,30)27-22-14-15(2)24-17(4)25-22/h6-14,16H,5H2,1-4H3,(H,26,28)(H,24,25,27). The largest absolute Gasteiger partial charge is 0.481 e. The number of aryl methyl sites for hydroxylation is 3. The normalized spacial score (nSPS) is 12.1. The van der Waals surface area contributed by atoms with Gasteiger partial charge >= 0.3 is 0 Å². The molecule has 0 spiro atoms. The topological polar surface area (TPSA) is 110 Å². The van der Waals surface area contributed by atoms with Gasteiger partial charge in [0.15, 0.2) is 6.10 Å². The summed E-state index contributed by atoms with van der Waals surface area (Å²) in [5, 5.41) is 2.73. The Kier molecular flexibility index (Phi) is 7.09. The van der Waals surface area contributed by atoms with Gasteiger partial charge in [0.1, 0.15) is 17.4 Å². The average molecular weight is 455 g/mol. The summed E-state index contributed by atoms with van der Waals surface area (Å²) in [6.07, 6.45) is 0.201. The number of benzene rings is 2. The van der Waals surface area contributed by atoms with Gasteiger partial charge in [-0.2, -0.15) is 0 Å². The van der Waals surface area contributed by atoms with Crippen LogP contribution in [0.1, 0.15) is 30.9 Å². The molecule has 0 saturated carbocycles. The van der Waals surface area contributed by atoms with E-state index < -0.39 is 16.1 Å². The van der Waals surface area contributed by atoms with Crippen LogP contribution in [-0.4, -0.2) is 30.4 Å². The van der Waals surface area contributed by atoms with Crippen molar-refractivity contribution in [3.05, 3.63) is 71.7 Å². The third kappa shape index (κ3) is 6.04. The lowest BCUT2D eigenvalue weighted by molar-refractivity contribution is -0.122. The quantitative estimate of drug-likeness (QED) is 0.535. The maximum absolute atomic E-state index is 12.6. The highest BCUT2D eigenvalue weighted by Gasteiger charge is 2.18. The first kappa shape index (κ1) is 23.2. The van der Waals surface area contributed by atoms with E-state index in [1.807, 2.05) is 24.3 Å². The van der Waals surface area contributed by atoms with E-state index in [4.69, 9.17) is 4.74 Å². The van der Waals surface area contributed by atoms with Gasteiger partial charge in [-0.25, -0.2) is 18.4 Å². The molecule has 0 bridgehead atoms. The summed E-state index contributed by atoms with van der Waals surface area (Å²) in [5.74, 6) is 0.932. The third-order valence-corrected chi connectivity index (χ3v) is 6.02. The van der Waals surface area contributed by atoms with Crippen molar-refractivity contribution in [1.29, 1.82) is 0 Å². The first-order valence-corrected chi connectivity index (χ1v) is 11.7. The lowest BCUT2D eigenvalue weighted by atomic mass is 10.2. The van der Waals surface area contributed by atoms with Crippen molar-refractivity contribution < 1.29 is 17.9 Å². The molecular formula is C23H26N4O4S. The molecule has 2 N–H and O–H groups in total. The first-order valence-electron chi connectivity index (χ1n) is 10.2. The zero-order chi connectivity index (χ0) is 23.3. The van der Waals surface area contributed by atoms with Gasteiger partial charge in [-0.3, -0.25) is 9.52 Å². The van der Waals surface area contributed by atoms with E-state index in [-0.39, 0.29) is 16.6 Å². The Labute approximate surface area is 188 Å². The minimum atomic E-state index is -3.83. The minimum absolute atomic E-state index is 0.0460. The van der Waals surface area contributed by atoms with E-state index in [0.29, 0.717) is 23.0 Å². The smallest absolute Gasteiger partial charge is 0.265 e. The third-order valence-electron chi connectivity index (χ3n) is 4.65. The van der Waals surface area contributed by atoms with Crippen LogP contribution in [0.4, 0.5) is 11.5 Å². The lowest BCUT2D eigenvalue weighted by Gasteiger charge is -2.15. The molecule has 0 aliphatic rings. The summed E-state index contributed by atoms with van der Waals surface area (Å²) < 4.78 is 33.4. The number of carbonyl (C=O) groups is 1. The Balaban J connectivity index is 1.63. The predicted molar refractivity (Wildman–Crippen MR) is 123 cm³/mol. The van der Waals surface area contributed by atoms with E-state index in [9.17, 15) is 13.2 Å². The lowest BCUT2D eigenvalue weighted by Crippen LogP contribution is -2.30. The maximum atomic E-state index is 12.6. The van der Waals surface area contributed by atoms with E-state index in [2.05, 4.69) is 26.9 Å². The molecule has 0 fully saturated rings. The molecule has 32 heavy (non-hydrogen) atoms. The van der Waals surface area contributed by atoms with Crippen LogP contribution in [0, 0.1) is 13.8 Å². The molecule has 1 heterocycles. The van der Waals surface area contributed by atoms with Gasteiger partial charge in [-0.15, -0.1) is 0 Å². The number of hydrogen-bond acceptors (Lipinski definition) is 6. The molecule has 8 nitrogen and oxygen atoms in total. The summed E-state index contributed by atoms with van der Waals surface area (Å²) in [7, 11) is -3.83. The van der Waals surface area contributed by atoms with E-state index in [1.165, 1.54) is 29.8 Å². The average Bonchev–Trinajstić information content (AvgIpc) is 2.73. The molecular weight excluding hydrogens is 428 g/mol. The molecule has 9 heteroatoms. The molecule has 1 atom stereocenters. The first-order chi connectivity index (χ1) is 15.2. The number of carbonyl (C=O) groups excluding carboxylic acids is 1. The number of amides is 1. The van der Waals surface area contributed by atoms with Gasteiger partial charge < -0.3 is 10.1 Å². The fourth-order valence-electron chi connectivity index (χ4n) is 2.99. The van der Waals surface area contributed by atoms with E-state index in [0.717, 1.165) is 6.42 Å². The van der Waals surface area contributed by atoms with Crippen LogP contribution in [0.5, 0.6) is 5.75 Å². The fraction of sp³-hybridized carbons (Fsp3) is 0.261. The number of ether oxygens (including phenoxy) is 1. The maximum Gasteiger partial charge on any atom is 0.265 e. The van der Waals surface area contributed by atoms with Crippen molar-refractivity contribution in [2.75, 3.05) is 10.0 Å². The van der Waals surface area contributed by atoms with Crippen molar-refractivity contribution in [2.45, 2.75) is 45.1 Å². The van der Waals surface area contributed by atoms with Crippen molar-refractivity contribution in [2.24, 2.45) is 0 Å². The number of rotatable bonds is 8. The second-order valence-corrected chi connectivity index (χ2v) is 9.00. The van der Waals surface area contributed by atoms with Gasteiger partial charge in [0.2, 0.25) is 0 Å². The van der Waals surface area contributed by atoms with Gasteiger partial charge in [0.05, 0.1) is 4.90 Å². The molecule has 0 radical (unpaired) electrons. The van der Waals surface area contributed by atoms with Gasteiger partial charge in [-0.05, 0) is 69.2 Å². The molecule has 0 aliphatic heterocycles. The number of sulfonamides is 1. The van der Waals surface area contributed by atoms with E-state index >= 15 is 0 Å². The molecule has 0 aliphatic carbocycles.